The fourth-order valence-electron chi connectivity index (χ4n) is 1.28. The fourth-order valence-corrected chi connectivity index (χ4v) is 1.72. The molecule has 1 unspecified atom stereocenters. The molecule has 0 amide bonds. The van der Waals surface area contributed by atoms with Gasteiger partial charge in [0.15, 0.2) is 0 Å². The van der Waals surface area contributed by atoms with Gasteiger partial charge in [0.1, 0.15) is 0 Å². The molecule has 2 N–H and O–H groups in total. The van der Waals surface area contributed by atoms with E-state index >= 15 is 0 Å². The minimum Gasteiger partial charge on any atom is -0.396 e. The largest absolute Gasteiger partial charge is 0.396 e. The van der Waals surface area contributed by atoms with Crippen LogP contribution in [-0.4, -0.2) is 27.4 Å². The molecule has 0 aromatic heterocycles. The summed E-state index contributed by atoms with van der Waals surface area (Å²) < 4.78 is 0.849. The molecule has 0 spiro atoms. The molecule has 80 valence electrons. The van der Waals surface area contributed by atoms with E-state index in [1.165, 1.54) is 19.3 Å². The summed E-state index contributed by atoms with van der Waals surface area (Å²) in [7, 11) is 0. The van der Waals surface area contributed by atoms with Crippen molar-refractivity contribution in [1.29, 1.82) is 0 Å². The van der Waals surface area contributed by atoms with E-state index in [1.807, 2.05) is 0 Å². The van der Waals surface area contributed by atoms with Gasteiger partial charge in [0, 0.05) is 11.0 Å². The average Bonchev–Trinajstić information content (AvgIpc) is 2.16. The first-order chi connectivity index (χ1) is 6.31. The number of unbranched alkanes of at least 4 members (excludes halogenated alkanes) is 5. The maximum atomic E-state index is 9.26. The van der Waals surface area contributed by atoms with Crippen LogP contribution < -0.4 is 0 Å². The van der Waals surface area contributed by atoms with E-state index in [1.54, 1.807) is 0 Å². The minimum absolute atomic E-state index is 0.0990. The Morgan fingerprint density at radius 3 is 2.00 bits per heavy atom. The van der Waals surface area contributed by atoms with Gasteiger partial charge in [0.05, 0.1) is 6.10 Å². The molecule has 1 atom stereocenters. The second-order valence-electron chi connectivity index (χ2n) is 3.44. The predicted molar refractivity (Wildman–Crippen MR) is 64.3 cm³/mol. The molecular formula is C10H21IO2. The van der Waals surface area contributed by atoms with Crippen molar-refractivity contribution in [2.75, 3.05) is 11.0 Å². The Kier molecular flexibility index (Phi) is 11.3. The summed E-state index contributed by atoms with van der Waals surface area (Å²) in [4.78, 5) is 0. The monoisotopic (exact) mass is 300 g/mol. The lowest BCUT2D eigenvalue weighted by Crippen LogP contribution is -2.06. The number of aliphatic hydroxyl groups excluding tert-OH is 2. The summed E-state index contributed by atoms with van der Waals surface area (Å²) in [5.74, 6) is 0. The second-order valence-corrected chi connectivity index (χ2v) is 4.32. The van der Waals surface area contributed by atoms with Gasteiger partial charge < -0.3 is 10.2 Å². The van der Waals surface area contributed by atoms with Gasteiger partial charge in [-0.1, -0.05) is 54.7 Å². The van der Waals surface area contributed by atoms with Gasteiger partial charge in [0.25, 0.3) is 0 Å². The quantitative estimate of drug-likeness (QED) is 0.390. The summed E-state index contributed by atoms with van der Waals surface area (Å²) >= 11 is 2.22. The molecule has 0 aromatic rings. The molecular weight excluding hydrogens is 279 g/mol. The third kappa shape index (κ3) is 10.6. The lowest BCUT2D eigenvalue weighted by atomic mass is 10.1. The van der Waals surface area contributed by atoms with E-state index in [-0.39, 0.29) is 6.10 Å². The summed E-state index contributed by atoms with van der Waals surface area (Å²) in [6, 6.07) is 0. The van der Waals surface area contributed by atoms with Gasteiger partial charge in [-0.3, -0.25) is 0 Å². The Balaban J connectivity index is 2.91. The van der Waals surface area contributed by atoms with E-state index in [2.05, 4.69) is 22.6 Å². The molecule has 0 heterocycles. The SMILES string of the molecule is OCCCCCCCCC(O)CI. The van der Waals surface area contributed by atoms with E-state index in [0.29, 0.717) is 6.61 Å². The number of hydrogen-bond donors (Lipinski definition) is 2. The van der Waals surface area contributed by atoms with Crippen LogP contribution in [0.3, 0.4) is 0 Å². The standard InChI is InChI=1S/C10H21IO2/c11-9-10(13)7-5-3-1-2-4-6-8-12/h10,12-13H,1-9H2. The van der Waals surface area contributed by atoms with Crippen molar-refractivity contribution < 1.29 is 10.2 Å². The highest BCUT2D eigenvalue weighted by Gasteiger charge is 1.99. The molecule has 3 heteroatoms. The van der Waals surface area contributed by atoms with Crippen molar-refractivity contribution in [2.45, 2.75) is 51.0 Å². The van der Waals surface area contributed by atoms with Gasteiger partial charge in [-0.15, -0.1) is 0 Å². The first-order valence-corrected chi connectivity index (χ1v) is 6.68. The van der Waals surface area contributed by atoms with Gasteiger partial charge >= 0.3 is 0 Å². The molecule has 0 aliphatic rings. The fraction of sp³-hybridized carbons (Fsp3) is 1.00. The number of aliphatic hydroxyl groups is 2. The molecule has 0 fully saturated rings. The van der Waals surface area contributed by atoms with Crippen LogP contribution in [0.1, 0.15) is 44.9 Å². The maximum absolute atomic E-state index is 9.26. The Hall–Kier alpha value is 0.650. The van der Waals surface area contributed by atoms with Gasteiger partial charge in [-0.25, -0.2) is 0 Å². The van der Waals surface area contributed by atoms with E-state index in [9.17, 15) is 5.11 Å². The topological polar surface area (TPSA) is 40.5 Å². The van der Waals surface area contributed by atoms with E-state index < -0.39 is 0 Å². The zero-order valence-corrected chi connectivity index (χ0v) is 10.4. The van der Waals surface area contributed by atoms with Crippen molar-refractivity contribution in [3.63, 3.8) is 0 Å². The molecule has 0 aliphatic heterocycles. The van der Waals surface area contributed by atoms with Crippen molar-refractivity contribution >= 4 is 22.6 Å². The highest BCUT2D eigenvalue weighted by molar-refractivity contribution is 14.1. The van der Waals surface area contributed by atoms with Gasteiger partial charge in [-0.05, 0) is 12.8 Å². The van der Waals surface area contributed by atoms with Crippen LogP contribution in [0.5, 0.6) is 0 Å². The Morgan fingerprint density at radius 1 is 0.923 bits per heavy atom. The lowest BCUT2D eigenvalue weighted by Gasteiger charge is -2.05. The molecule has 13 heavy (non-hydrogen) atoms. The number of hydrogen-bond acceptors (Lipinski definition) is 2. The number of halogens is 1. The Labute approximate surface area is 94.9 Å². The summed E-state index contributed by atoms with van der Waals surface area (Å²) in [6.45, 7) is 0.327. The smallest absolute Gasteiger partial charge is 0.0629 e. The molecule has 0 radical (unpaired) electrons. The van der Waals surface area contributed by atoms with Crippen molar-refractivity contribution in [3.05, 3.63) is 0 Å². The molecule has 0 saturated carbocycles. The lowest BCUT2D eigenvalue weighted by molar-refractivity contribution is 0.187. The third-order valence-electron chi connectivity index (χ3n) is 2.12. The number of rotatable bonds is 9. The van der Waals surface area contributed by atoms with Crippen LogP contribution in [-0.2, 0) is 0 Å². The van der Waals surface area contributed by atoms with Crippen LogP contribution in [0.15, 0.2) is 0 Å². The van der Waals surface area contributed by atoms with Crippen LogP contribution >= 0.6 is 22.6 Å². The summed E-state index contributed by atoms with van der Waals surface area (Å²) in [5.41, 5.74) is 0. The highest BCUT2D eigenvalue weighted by atomic mass is 127. The average molecular weight is 300 g/mol. The van der Waals surface area contributed by atoms with Crippen molar-refractivity contribution in [3.8, 4) is 0 Å². The van der Waals surface area contributed by atoms with Crippen molar-refractivity contribution in [2.24, 2.45) is 0 Å². The Bertz CT molecular complexity index is 98.9. The second kappa shape index (κ2) is 10.7. The predicted octanol–water partition coefficient (Wildman–Crippen LogP) is 2.51. The molecule has 0 rings (SSSR count). The third-order valence-corrected chi connectivity index (χ3v) is 3.14. The normalized spacial score (nSPS) is 13.2. The summed E-state index contributed by atoms with van der Waals surface area (Å²) in [5, 5.41) is 17.8. The minimum atomic E-state index is -0.0990. The molecule has 0 saturated heterocycles. The Morgan fingerprint density at radius 2 is 1.46 bits per heavy atom. The maximum Gasteiger partial charge on any atom is 0.0629 e. The molecule has 0 aliphatic carbocycles. The highest BCUT2D eigenvalue weighted by Crippen LogP contribution is 2.09. The molecule has 0 aromatic carbocycles. The zero-order chi connectivity index (χ0) is 9.94. The molecule has 0 bridgehead atoms. The van der Waals surface area contributed by atoms with Crippen molar-refractivity contribution in [1.82, 2.24) is 0 Å². The van der Waals surface area contributed by atoms with Crippen LogP contribution in [0.2, 0.25) is 0 Å². The van der Waals surface area contributed by atoms with Crippen LogP contribution in [0.25, 0.3) is 0 Å². The molecule has 2 nitrogen and oxygen atoms in total. The van der Waals surface area contributed by atoms with E-state index in [0.717, 1.165) is 30.1 Å². The summed E-state index contributed by atoms with van der Waals surface area (Å²) in [6.07, 6.45) is 7.76. The van der Waals surface area contributed by atoms with E-state index in [4.69, 9.17) is 5.11 Å². The number of alkyl halides is 1. The van der Waals surface area contributed by atoms with Crippen LogP contribution in [0, 0.1) is 0 Å². The first kappa shape index (κ1) is 13.7. The van der Waals surface area contributed by atoms with Crippen LogP contribution in [0.4, 0.5) is 0 Å². The van der Waals surface area contributed by atoms with Gasteiger partial charge in [-0.2, -0.15) is 0 Å². The van der Waals surface area contributed by atoms with Gasteiger partial charge in [0.2, 0.25) is 0 Å². The first-order valence-electron chi connectivity index (χ1n) is 5.16. The zero-order valence-electron chi connectivity index (χ0n) is 8.21.